The Labute approximate surface area is 139 Å². The van der Waals surface area contributed by atoms with Gasteiger partial charge in [0.1, 0.15) is 0 Å². The minimum absolute atomic E-state index is 0.0212. The Bertz CT molecular complexity index is 470. The summed E-state index contributed by atoms with van der Waals surface area (Å²) in [7, 11) is 0. The van der Waals surface area contributed by atoms with Crippen molar-refractivity contribution in [1.29, 1.82) is 0 Å². The highest BCUT2D eigenvalue weighted by Crippen LogP contribution is 2.32. The molecule has 0 aromatic heterocycles. The number of carbonyl (C=O) groups is 1. The van der Waals surface area contributed by atoms with Crippen molar-refractivity contribution in [3.63, 3.8) is 0 Å². The molecule has 2 N–H and O–H groups in total. The van der Waals surface area contributed by atoms with Crippen molar-refractivity contribution in [2.45, 2.75) is 48.8 Å². The average molecular weight is 371 g/mol. The van der Waals surface area contributed by atoms with Crippen LogP contribution in [0.4, 0.5) is 0 Å². The van der Waals surface area contributed by atoms with E-state index in [0.717, 1.165) is 17.4 Å². The molecule has 0 radical (unpaired) electrons. The van der Waals surface area contributed by atoms with E-state index in [-0.39, 0.29) is 10.7 Å². The summed E-state index contributed by atoms with van der Waals surface area (Å²) >= 11 is 5.23. The van der Waals surface area contributed by atoms with Gasteiger partial charge in [0.05, 0.1) is 0 Å². The number of hydrogen-bond acceptors (Lipinski definition) is 3. The number of nitrogens with one attached hydrogen (secondary N) is 2. The van der Waals surface area contributed by atoms with Gasteiger partial charge in [-0.2, -0.15) is 0 Å². The van der Waals surface area contributed by atoms with Crippen molar-refractivity contribution in [1.82, 2.24) is 10.6 Å². The lowest BCUT2D eigenvalue weighted by Gasteiger charge is -2.25. The van der Waals surface area contributed by atoms with Crippen LogP contribution in [-0.2, 0) is 4.79 Å². The minimum atomic E-state index is -0.0212. The zero-order valence-electron chi connectivity index (χ0n) is 12.6. The zero-order chi connectivity index (χ0) is 15.3. The molecule has 1 unspecified atom stereocenters. The Kier molecular flexibility index (Phi) is 6.14. The number of amides is 1. The summed E-state index contributed by atoms with van der Waals surface area (Å²) in [6.07, 6.45) is 2.90. The minimum Gasteiger partial charge on any atom is -0.355 e. The Morgan fingerprint density at radius 1 is 1.43 bits per heavy atom. The lowest BCUT2D eigenvalue weighted by Crippen LogP contribution is -2.38. The van der Waals surface area contributed by atoms with Gasteiger partial charge in [-0.3, -0.25) is 4.79 Å². The molecule has 5 heteroatoms. The molecule has 1 fully saturated rings. The van der Waals surface area contributed by atoms with E-state index in [1.54, 1.807) is 11.8 Å². The highest BCUT2D eigenvalue weighted by Gasteiger charge is 2.22. The highest BCUT2D eigenvalue weighted by molar-refractivity contribution is 9.10. The molecule has 1 aromatic rings. The summed E-state index contributed by atoms with van der Waals surface area (Å²) in [5.74, 6) is 0.152. The number of carbonyl (C=O) groups excluding carboxylic acids is 1. The number of halogens is 1. The smallest absolute Gasteiger partial charge is 0.221 e. The van der Waals surface area contributed by atoms with Crippen LogP contribution in [0.1, 0.15) is 33.1 Å². The van der Waals surface area contributed by atoms with Crippen LogP contribution in [0.2, 0.25) is 0 Å². The van der Waals surface area contributed by atoms with Crippen LogP contribution in [-0.4, -0.2) is 29.8 Å². The standard InChI is InChI=1S/C16H23BrN2OS/c1-16(2,21-14-7-5-12(17)6-8-14)11-19-15(20)10-13-4-3-9-18-13/h5-8,13,18H,3-4,9-11H2,1-2H3,(H,19,20). The SMILES string of the molecule is CC(C)(CNC(=O)CC1CCCN1)Sc1ccc(Br)cc1. The molecule has 2 rings (SSSR count). The van der Waals surface area contributed by atoms with Gasteiger partial charge < -0.3 is 10.6 Å². The van der Waals surface area contributed by atoms with Crippen LogP contribution in [0.25, 0.3) is 0 Å². The highest BCUT2D eigenvalue weighted by atomic mass is 79.9. The molecule has 1 aromatic carbocycles. The van der Waals surface area contributed by atoms with Gasteiger partial charge in [-0.25, -0.2) is 0 Å². The van der Waals surface area contributed by atoms with Crippen LogP contribution in [0.5, 0.6) is 0 Å². The van der Waals surface area contributed by atoms with Crippen LogP contribution in [0, 0.1) is 0 Å². The molecule has 1 aliphatic rings. The van der Waals surface area contributed by atoms with Gasteiger partial charge in [0.2, 0.25) is 5.91 Å². The summed E-state index contributed by atoms with van der Waals surface area (Å²) in [6, 6.07) is 8.65. The van der Waals surface area contributed by atoms with E-state index < -0.39 is 0 Å². The quantitative estimate of drug-likeness (QED) is 0.751. The predicted octanol–water partition coefficient (Wildman–Crippen LogP) is 3.58. The number of benzene rings is 1. The molecule has 1 amide bonds. The van der Waals surface area contributed by atoms with E-state index in [9.17, 15) is 4.79 Å². The normalized spacial score (nSPS) is 18.7. The lowest BCUT2D eigenvalue weighted by molar-refractivity contribution is -0.121. The van der Waals surface area contributed by atoms with Gasteiger partial charge in [-0.1, -0.05) is 15.9 Å². The number of thioether (sulfide) groups is 1. The Morgan fingerprint density at radius 3 is 2.76 bits per heavy atom. The molecule has 1 saturated heterocycles. The third kappa shape index (κ3) is 6.01. The van der Waals surface area contributed by atoms with Crippen LogP contribution >= 0.6 is 27.7 Å². The van der Waals surface area contributed by atoms with Gasteiger partial charge in [-0.05, 0) is 57.5 Å². The Balaban J connectivity index is 1.77. The maximum absolute atomic E-state index is 12.0. The van der Waals surface area contributed by atoms with Gasteiger partial charge in [0.15, 0.2) is 0 Å². The third-order valence-corrected chi connectivity index (χ3v) is 5.25. The fourth-order valence-corrected chi connectivity index (χ4v) is 3.72. The molecule has 3 nitrogen and oxygen atoms in total. The maximum atomic E-state index is 12.0. The molecule has 0 aliphatic carbocycles. The summed E-state index contributed by atoms with van der Waals surface area (Å²) < 4.78 is 1.06. The second-order valence-corrected chi connectivity index (χ2v) is 8.79. The Morgan fingerprint density at radius 2 is 2.14 bits per heavy atom. The second kappa shape index (κ2) is 7.65. The van der Waals surface area contributed by atoms with Crippen molar-refractivity contribution in [3.8, 4) is 0 Å². The first-order valence-electron chi connectivity index (χ1n) is 7.39. The molecule has 21 heavy (non-hydrogen) atoms. The molecule has 1 atom stereocenters. The van der Waals surface area contributed by atoms with E-state index in [1.165, 1.54) is 11.3 Å². The summed E-state index contributed by atoms with van der Waals surface area (Å²) in [6.45, 7) is 6.05. The third-order valence-electron chi connectivity index (χ3n) is 3.51. The topological polar surface area (TPSA) is 41.1 Å². The summed E-state index contributed by atoms with van der Waals surface area (Å²) in [5, 5.41) is 6.43. The van der Waals surface area contributed by atoms with Crippen molar-refractivity contribution < 1.29 is 4.79 Å². The largest absolute Gasteiger partial charge is 0.355 e. The maximum Gasteiger partial charge on any atom is 0.221 e. The van der Waals surface area contributed by atoms with E-state index >= 15 is 0 Å². The fourth-order valence-electron chi connectivity index (χ4n) is 2.40. The molecule has 1 heterocycles. The van der Waals surface area contributed by atoms with E-state index in [1.807, 2.05) is 12.1 Å². The summed E-state index contributed by atoms with van der Waals surface area (Å²) in [5.41, 5.74) is 0. The first-order chi connectivity index (χ1) is 9.94. The average Bonchev–Trinajstić information content (AvgIpc) is 2.92. The monoisotopic (exact) mass is 370 g/mol. The fraction of sp³-hybridized carbons (Fsp3) is 0.562. The Hall–Kier alpha value is -0.520. The number of hydrogen-bond donors (Lipinski definition) is 2. The van der Waals surface area contributed by atoms with Gasteiger partial charge in [0, 0.05) is 33.1 Å². The van der Waals surface area contributed by atoms with Crippen LogP contribution < -0.4 is 10.6 Å². The predicted molar refractivity (Wildman–Crippen MR) is 92.7 cm³/mol. The molecule has 1 aliphatic heterocycles. The van der Waals surface area contributed by atoms with Crippen LogP contribution in [0.3, 0.4) is 0 Å². The molecule has 0 bridgehead atoms. The van der Waals surface area contributed by atoms with Crippen LogP contribution in [0.15, 0.2) is 33.6 Å². The number of rotatable bonds is 6. The molecule has 0 saturated carbocycles. The van der Waals surface area contributed by atoms with E-state index in [4.69, 9.17) is 0 Å². The first kappa shape index (κ1) is 16.8. The van der Waals surface area contributed by atoms with Crippen molar-refractivity contribution >= 4 is 33.6 Å². The van der Waals surface area contributed by atoms with E-state index in [2.05, 4.69) is 52.5 Å². The van der Waals surface area contributed by atoms with Gasteiger partial charge in [0.25, 0.3) is 0 Å². The molecular weight excluding hydrogens is 348 g/mol. The second-order valence-electron chi connectivity index (χ2n) is 6.09. The van der Waals surface area contributed by atoms with Crippen molar-refractivity contribution in [2.24, 2.45) is 0 Å². The first-order valence-corrected chi connectivity index (χ1v) is 9.00. The van der Waals surface area contributed by atoms with Gasteiger partial charge in [-0.15, -0.1) is 11.8 Å². The van der Waals surface area contributed by atoms with Crippen molar-refractivity contribution in [3.05, 3.63) is 28.7 Å². The molecular formula is C16H23BrN2OS. The lowest BCUT2D eigenvalue weighted by atomic mass is 10.1. The summed E-state index contributed by atoms with van der Waals surface area (Å²) in [4.78, 5) is 13.2. The van der Waals surface area contributed by atoms with E-state index in [0.29, 0.717) is 19.0 Å². The van der Waals surface area contributed by atoms with Crippen molar-refractivity contribution in [2.75, 3.05) is 13.1 Å². The molecule has 0 spiro atoms. The zero-order valence-corrected chi connectivity index (χ0v) is 15.0. The van der Waals surface area contributed by atoms with Gasteiger partial charge >= 0.3 is 0 Å². The molecule has 116 valence electrons.